The maximum Gasteiger partial charge on any atom is 0.248 e. The Bertz CT molecular complexity index is 288. The molecule has 0 bridgehead atoms. The number of carbonyl (C=O) groups is 2. The van der Waals surface area contributed by atoms with E-state index in [1.165, 1.54) is 24.3 Å². The van der Waals surface area contributed by atoms with E-state index in [2.05, 4.69) is 0 Å². The van der Waals surface area contributed by atoms with Gasteiger partial charge in [0.05, 0.1) is 0 Å². The van der Waals surface area contributed by atoms with Gasteiger partial charge in [0.1, 0.15) is 0 Å². The van der Waals surface area contributed by atoms with Crippen LogP contribution in [0.25, 0.3) is 0 Å². The monoisotopic (exact) mass is 292 g/mol. The molecule has 0 atom stereocenters. The number of carbonyl (C=O) groups excluding carboxylic acids is 2. The van der Waals surface area contributed by atoms with Crippen LogP contribution in [-0.2, 0) is 0 Å². The van der Waals surface area contributed by atoms with Crippen LogP contribution in [0.3, 0.4) is 0 Å². The number of nitrogens with two attached hydrogens (primary N) is 2. The molecule has 1 rings (SSSR count). The maximum absolute atomic E-state index is 10.6. The van der Waals surface area contributed by atoms with E-state index in [4.69, 9.17) is 11.5 Å². The Balaban J connectivity index is 0.00000144. The van der Waals surface area contributed by atoms with Crippen molar-refractivity contribution >= 4 is 35.8 Å². The summed E-state index contributed by atoms with van der Waals surface area (Å²) in [6.45, 7) is 0. The predicted octanol–water partition coefficient (Wildman–Crippen LogP) is 0.502. The first-order valence-corrected chi connectivity index (χ1v) is 3.31. The molecule has 0 aromatic heterocycles. The summed E-state index contributed by atoms with van der Waals surface area (Å²) < 4.78 is 0. The van der Waals surface area contributed by atoms with Crippen molar-refractivity contribution in [1.29, 1.82) is 0 Å². The van der Waals surface area contributed by atoms with Crippen LogP contribution in [0.2, 0.25) is 0 Å². The van der Waals surface area contributed by atoms with Crippen LogP contribution in [0.15, 0.2) is 24.3 Å². The van der Waals surface area contributed by atoms with Gasteiger partial charge in [-0.1, -0.05) is 0 Å². The number of primary amides is 2. The molecule has 70 valence electrons. The quantitative estimate of drug-likeness (QED) is 0.778. The van der Waals surface area contributed by atoms with Gasteiger partial charge in [0.2, 0.25) is 11.8 Å². The molecule has 0 fully saturated rings. The minimum atomic E-state index is -0.522. The second-order valence-electron chi connectivity index (χ2n) is 2.31. The van der Waals surface area contributed by atoms with Crippen molar-refractivity contribution < 1.29 is 9.59 Å². The molecule has 0 spiro atoms. The number of rotatable bonds is 2. The molecule has 2 amide bonds. The van der Waals surface area contributed by atoms with E-state index >= 15 is 0 Å². The molecule has 0 heterocycles. The SMILES string of the molecule is I.NC(=O)c1ccc(C(N)=O)cc1. The fourth-order valence-electron chi connectivity index (χ4n) is 0.799. The molecule has 0 aliphatic rings. The average molecular weight is 292 g/mol. The predicted molar refractivity (Wildman–Crippen MR) is 58.9 cm³/mol. The minimum Gasteiger partial charge on any atom is -0.366 e. The van der Waals surface area contributed by atoms with Gasteiger partial charge in [0.25, 0.3) is 0 Å². The highest BCUT2D eigenvalue weighted by Gasteiger charge is 2.02. The smallest absolute Gasteiger partial charge is 0.248 e. The number of benzene rings is 1. The topological polar surface area (TPSA) is 86.2 Å². The lowest BCUT2D eigenvalue weighted by atomic mass is 10.1. The summed E-state index contributed by atoms with van der Waals surface area (Å²) in [7, 11) is 0. The highest BCUT2D eigenvalue weighted by atomic mass is 127. The molecule has 1 aromatic rings. The van der Waals surface area contributed by atoms with Gasteiger partial charge in [0.15, 0.2) is 0 Å². The van der Waals surface area contributed by atoms with Gasteiger partial charge in [-0.3, -0.25) is 9.59 Å². The Morgan fingerprint density at radius 1 is 0.846 bits per heavy atom. The first-order chi connectivity index (χ1) is 5.61. The minimum absolute atomic E-state index is 0. The van der Waals surface area contributed by atoms with Crippen LogP contribution in [0.1, 0.15) is 20.7 Å². The molecule has 0 radical (unpaired) electrons. The molecule has 4 nitrogen and oxygen atoms in total. The first-order valence-electron chi connectivity index (χ1n) is 3.31. The van der Waals surface area contributed by atoms with E-state index in [0.717, 1.165) is 0 Å². The Morgan fingerprint density at radius 3 is 1.23 bits per heavy atom. The third-order valence-corrected chi connectivity index (χ3v) is 1.45. The summed E-state index contributed by atoms with van der Waals surface area (Å²) in [5.41, 5.74) is 10.7. The van der Waals surface area contributed by atoms with Gasteiger partial charge in [0, 0.05) is 11.1 Å². The second-order valence-corrected chi connectivity index (χ2v) is 2.31. The number of hydrogen-bond donors (Lipinski definition) is 2. The van der Waals surface area contributed by atoms with Crippen LogP contribution >= 0.6 is 24.0 Å². The Morgan fingerprint density at radius 2 is 1.08 bits per heavy atom. The zero-order valence-corrected chi connectivity index (χ0v) is 9.02. The van der Waals surface area contributed by atoms with E-state index in [-0.39, 0.29) is 24.0 Å². The summed E-state index contributed by atoms with van der Waals surface area (Å²) in [5, 5.41) is 0. The Labute approximate surface area is 92.3 Å². The molecule has 4 N–H and O–H groups in total. The van der Waals surface area contributed by atoms with E-state index in [1.54, 1.807) is 0 Å². The summed E-state index contributed by atoms with van der Waals surface area (Å²) in [5.74, 6) is -1.04. The van der Waals surface area contributed by atoms with E-state index in [9.17, 15) is 9.59 Å². The summed E-state index contributed by atoms with van der Waals surface area (Å²) in [6.07, 6.45) is 0. The van der Waals surface area contributed by atoms with Crippen LogP contribution in [0.4, 0.5) is 0 Å². The van der Waals surface area contributed by atoms with Crippen molar-refractivity contribution in [2.24, 2.45) is 11.5 Å². The lowest BCUT2D eigenvalue weighted by molar-refractivity contribution is 0.0988. The fraction of sp³-hybridized carbons (Fsp3) is 0. The number of amides is 2. The van der Waals surface area contributed by atoms with Gasteiger partial charge >= 0.3 is 0 Å². The van der Waals surface area contributed by atoms with Crippen LogP contribution in [0.5, 0.6) is 0 Å². The normalized spacial score (nSPS) is 8.62. The van der Waals surface area contributed by atoms with Crippen molar-refractivity contribution in [3.63, 3.8) is 0 Å². The zero-order valence-electron chi connectivity index (χ0n) is 6.69. The molecule has 0 saturated carbocycles. The third-order valence-electron chi connectivity index (χ3n) is 1.45. The van der Waals surface area contributed by atoms with Crippen molar-refractivity contribution in [3.05, 3.63) is 35.4 Å². The standard InChI is InChI=1S/C8H8N2O2.HI/c9-7(11)5-1-2-6(4-3-5)8(10)12;/h1-4H,(H2,9,11)(H2,10,12);1H. The molecule has 0 unspecified atom stereocenters. The summed E-state index contributed by atoms with van der Waals surface area (Å²) in [6, 6.07) is 5.84. The molecular formula is C8H9IN2O2. The largest absolute Gasteiger partial charge is 0.366 e. The van der Waals surface area contributed by atoms with Crippen LogP contribution in [0, 0.1) is 0 Å². The highest BCUT2D eigenvalue weighted by Crippen LogP contribution is 2.02. The molecule has 0 saturated heterocycles. The molecule has 5 heteroatoms. The molecule has 13 heavy (non-hydrogen) atoms. The van der Waals surface area contributed by atoms with Crippen molar-refractivity contribution in [2.75, 3.05) is 0 Å². The maximum atomic E-state index is 10.6. The summed E-state index contributed by atoms with van der Waals surface area (Å²) >= 11 is 0. The van der Waals surface area contributed by atoms with Gasteiger partial charge in [-0.05, 0) is 24.3 Å². The first kappa shape index (κ1) is 11.9. The van der Waals surface area contributed by atoms with Crippen molar-refractivity contribution in [3.8, 4) is 0 Å². The van der Waals surface area contributed by atoms with Crippen LogP contribution in [-0.4, -0.2) is 11.8 Å². The van der Waals surface area contributed by atoms with E-state index in [1.807, 2.05) is 0 Å². The van der Waals surface area contributed by atoms with E-state index < -0.39 is 11.8 Å². The van der Waals surface area contributed by atoms with Crippen molar-refractivity contribution in [2.45, 2.75) is 0 Å². The molecule has 0 aliphatic carbocycles. The zero-order chi connectivity index (χ0) is 9.14. The van der Waals surface area contributed by atoms with Gasteiger partial charge in [-0.15, -0.1) is 24.0 Å². The molecule has 1 aromatic carbocycles. The van der Waals surface area contributed by atoms with E-state index in [0.29, 0.717) is 11.1 Å². The van der Waals surface area contributed by atoms with Gasteiger partial charge in [-0.2, -0.15) is 0 Å². The van der Waals surface area contributed by atoms with Gasteiger partial charge < -0.3 is 11.5 Å². The van der Waals surface area contributed by atoms with Crippen molar-refractivity contribution in [1.82, 2.24) is 0 Å². The lowest BCUT2D eigenvalue weighted by Crippen LogP contribution is -2.13. The van der Waals surface area contributed by atoms with Crippen LogP contribution < -0.4 is 11.5 Å². The number of halogens is 1. The average Bonchev–Trinajstić information content (AvgIpc) is 2.04. The molecule has 0 aliphatic heterocycles. The highest BCUT2D eigenvalue weighted by molar-refractivity contribution is 14.0. The summed E-state index contributed by atoms with van der Waals surface area (Å²) in [4.78, 5) is 21.2. The van der Waals surface area contributed by atoms with Gasteiger partial charge in [-0.25, -0.2) is 0 Å². The Kier molecular flexibility index (Phi) is 4.39. The fourth-order valence-corrected chi connectivity index (χ4v) is 0.799. The third kappa shape index (κ3) is 3.02. The Hall–Kier alpha value is -1.11. The number of hydrogen-bond acceptors (Lipinski definition) is 2. The second kappa shape index (κ2) is 4.80. The lowest BCUT2D eigenvalue weighted by Gasteiger charge is -1.96. The molecular weight excluding hydrogens is 283 g/mol.